The molecule has 1 atom stereocenters. The molecule has 6 nitrogen and oxygen atoms in total. The number of rotatable bonds is 5. The number of thiocarbonyl (C=S) groups is 1. The number of aromatic nitrogens is 2. The molecule has 0 radical (unpaired) electrons. The molecule has 126 valence electrons. The van der Waals surface area contributed by atoms with Gasteiger partial charge in [-0.2, -0.15) is 5.26 Å². The summed E-state index contributed by atoms with van der Waals surface area (Å²) in [6.07, 6.45) is 7.14. The van der Waals surface area contributed by atoms with E-state index in [2.05, 4.69) is 23.3 Å². The predicted molar refractivity (Wildman–Crippen MR) is 98.0 cm³/mol. The zero-order valence-corrected chi connectivity index (χ0v) is 14.5. The summed E-state index contributed by atoms with van der Waals surface area (Å²) in [7, 11) is 0. The van der Waals surface area contributed by atoms with Crippen molar-refractivity contribution in [3.8, 4) is 6.07 Å². The molecule has 1 aliphatic heterocycles. The number of nitrogens with one attached hydrogen (secondary N) is 1. The molecule has 0 saturated carbocycles. The highest BCUT2D eigenvalue weighted by molar-refractivity contribution is 7.80. The van der Waals surface area contributed by atoms with Crippen molar-refractivity contribution in [1.29, 1.82) is 5.26 Å². The van der Waals surface area contributed by atoms with E-state index < -0.39 is 0 Å². The molecule has 1 amide bonds. The summed E-state index contributed by atoms with van der Waals surface area (Å²) in [5, 5.41) is 12.2. The summed E-state index contributed by atoms with van der Waals surface area (Å²) in [6.45, 7) is 3.37. The number of amides is 1. The molecule has 1 N–H and O–H groups in total. The van der Waals surface area contributed by atoms with Gasteiger partial charge in [-0.1, -0.05) is 19.1 Å². The van der Waals surface area contributed by atoms with Gasteiger partial charge in [0.15, 0.2) is 5.11 Å². The molecular weight excluding hydrogens is 334 g/mol. The van der Waals surface area contributed by atoms with Crippen molar-refractivity contribution in [2.24, 2.45) is 5.92 Å². The van der Waals surface area contributed by atoms with Gasteiger partial charge in [-0.25, -0.2) is 4.98 Å². The molecule has 0 spiro atoms. The number of carbonyl (C=O) groups excluding carboxylic acids is 1. The van der Waals surface area contributed by atoms with E-state index in [1.165, 1.54) is 0 Å². The monoisotopic (exact) mass is 351 g/mol. The van der Waals surface area contributed by atoms with Gasteiger partial charge >= 0.3 is 0 Å². The van der Waals surface area contributed by atoms with Crippen LogP contribution in [0, 0.1) is 17.2 Å². The Hall–Kier alpha value is -2.98. The highest BCUT2D eigenvalue weighted by atomic mass is 32.1. The lowest BCUT2D eigenvalue weighted by Crippen LogP contribution is -2.35. The number of hydrogen-bond donors (Lipinski definition) is 1. The van der Waals surface area contributed by atoms with Gasteiger partial charge in [0.25, 0.3) is 5.91 Å². The van der Waals surface area contributed by atoms with Crippen LogP contribution < -0.4 is 5.32 Å². The van der Waals surface area contributed by atoms with Crippen LogP contribution >= 0.6 is 12.2 Å². The number of benzene rings is 1. The molecule has 1 aromatic heterocycles. The molecular formula is C18H17N5OS. The number of carbonyl (C=O) groups is 1. The van der Waals surface area contributed by atoms with E-state index in [0.717, 1.165) is 12.1 Å². The first-order valence-corrected chi connectivity index (χ1v) is 8.28. The summed E-state index contributed by atoms with van der Waals surface area (Å²) in [4.78, 5) is 18.2. The van der Waals surface area contributed by atoms with Crippen LogP contribution in [0.5, 0.6) is 0 Å². The Balaban J connectivity index is 1.68. The average molecular weight is 351 g/mol. The van der Waals surface area contributed by atoms with Crippen molar-refractivity contribution >= 4 is 29.3 Å². The van der Waals surface area contributed by atoms with E-state index >= 15 is 0 Å². The first kappa shape index (κ1) is 16.9. The second-order valence-corrected chi connectivity index (χ2v) is 6.39. The van der Waals surface area contributed by atoms with Crippen molar-refractivity contribution in [2.75, 3.05) is 6.54 Å². The van der Waals surface area contributed by atoms with Gasteiger partial charge in [0.2, 0.25) is 0 Å². The van der Waals surface area contributed by atoms with Crippen molar-refractivity contribution < 1.29 is 4.79 Å². The maximum atomic E-state index is 12.6. The van der Waals surface area contributed by atoms with E-state index in [-0.39, 0.29) is 11.8 Å². The van der Waals surface area contributed by atoms with Crippen LogP contribution in [-0.2, 0) is 11.3 Å². The Morgan fingerprint density at radius 1 is 1.36 bits per heavy atom. The van der Waals surface area contributed by atoms with E-state index in [9.17, 15) is 4.79 Å². The number of nitriles is 1. The Labute approximate surface area is 151 Å². The predicted octanol–water partition coefficient (Wildman–Crippen LogP) is 2.15. The van der Waals surface area contributed by atoms with Crippen LogP contribution in [0.4, 0.5) is 0 Å². The molecule has 0 bridgehead atoms. The van der Waals surface area contributed by atoms with Crippen molar-refractivity contribution in [1.82, 2.24) is 19.8 Å². The Bertz CT molecular complexity index is 849. The molecule has 0 aliphatic carbocycles. The molecule has 25 heavy (non-hydrogen) atoms. The molecule has 1 aromatic carbocycles. The lowest BCUT2D eigenvalue weighted by atomic mass is 10.1. The van der Waals surface area contributed by atoms with Crippen LogP contribution in [0.1, 0.15) is 18.1 Å². The SMILES string of the molecule is C[C@@H](CN1C(=O)/C(=C/c2ccc(C#N)cc2)NC1=S)Cn1ccnc1. The third kappa shape index (κ3) is 3.92. The van der Waals surface area contributed by atoms with Gasteiger partial charge in [-0.15, -0.1) is 0 Å². The van der Waals surface area contributed by atoms with Crippen LogP contribution in [-0.4, -0.2) is 32.0 Å². The zero-order valence-electron chi connectivity index (χ0n) is 13.7. The second-order valence-electron chi connectivity index (χ2n) is 6.00. The highest BCUT2D eigenvalue weighted by Crippen LogP contribution is 2.17. The summed E-state index contributed by atoms with van der Waals surface area (Å²) >= 11 is 5.31. The Morgan fingerprint density at radius 2 is 2.12 bits per heavy atom. The van der Waals surface area contributed by atoms with Gasteiger partial charge in [0.05, 0.1) is 18.0 Å². The molecule has 2 heterocycles. The second kappa shape index (κ2) is 7.28. The van der Waals surface area contributed by atoms with Crippen molar-refractivity contribution in [2.45, 2.75) is 13.5 Å². The highest BCUT2D eigenvalue weighted by Gasteiger charge is 2.31. The normalized spacial score (nSPS) is 16.8. The van der Waals surface area contributed by atoms with Gasteiger partial charge in [-0.3, -0.25) is 9.69 Å². The topological polar surface area (TPSA) is 74.0 Å². The molecule has 1 aliphatic rings. The minimum absolute atomic E-state index is 0.133. The van der Waals surface area contributed by atoms with Gasteiger partial charge in [-0.05, 0) is 41.9 Å². The zero-order chi connectivity index (χ0) is 17.8. The molecule has 2 aromatic rings. The van der Waals surface area contributed by atoms with Crippen molar-refractivity contribution in [3.63, 3.8) is 0 Å². The Kier molecular flexibility index (Phi) is 4.91. The Morgan fingerprint density at radius 3 is 2.76 bits per heavy atom. The van der Waals surface area contributed by atoms with Gasteiger partial charge in [0.1, 0.15) is 5.70 Å². The van der Waals surface area contributed by atoms with Crippen LogP contribution in [0.15, 0.2) is 48.7 Å². The summed E-state index contributed by atoms with van der Waals surface area (Å²) in [5.74, 6) is 0.0963. The first-order chi connectivity index (χ1) is 12.1. The molecule has 7 heteroatoms. The summed E-state index contributed by atoms with van der Waals surface area (Å²) < 4.78 is 1.98. The summed E-state index contributed by atoms with van der Waals surface area (Å²) in [6, 6.07) is 9.11. The van der Waals surface area contributed by atoms with E-state index in [1.54, 1.807) is 47.8 Å². The van der Waals surface area contributed by atoms with E-state index in [4.69, 9.17) is 17.5 Å². The third-order valence-electron chi connectivity index (χ3n) is 3.89. The lowest BCUT2D eigenvalue weighted by molar-refractivity contribution is -0.122. The molecule has 1 fully saturated rings. The number of hydrogen-bond acceptors (Lipinski definition) is 4. The fraction of sp³-hybridized carbons (Fsp3) is 0.222. The van der Waals surface area contributed by atoms with E-state index in [0.29, 0.717) is 22.9 Å². The fourth-order valence-corrected chi connectivity index (χ4v) is 2.95. The van der Waals surface area contributed by atoms with Gasteiger partial charge in [0, 0.05) is 25.5 Å². The molecule has 1 saturated heterocycles. The maximum Gasteiger partial charge on any atom is 0.276 e. The van der Waals surface area contributed by atoms with Crippen LogP contribution in [0.3, 0.4) is 0 Å². The quantitative estimate of drug-likeness (QED) is 0.660. The van der Waals surface area contributed by atoms with Crippen molar-refractivity contribution in [3.05, 3.63) is 59.8 Å². The lowest BCUT2D eigenvalue weighted by Gasteiger charge is -2.19. The minimum Gasteiger partial charge on any atom is -0.337 e. The first-order valence-electron chi connectivity index (χ1n) is 7.87. The molecule has 3 rings (SSSR count). The van der Waals surface area contributed by atoms with Gasteiger partial charge < -0.3 is 9.88 Å². The van der Waals surface area contributed by atoms with Crippen LogP contribution in [0.2, 0.25) is 0 Å². The third-order valence-corrected chi connectivity index (χ3v) is 4.21. The van der Waals surface area contributed by atoms with E-state index in [1.807, 2.05) is 10.8 Å². The standard InChI is InChI=1S/C18H17N5OS/c1-13(10-22-7-6-20-12-22)11-23-17(24)16(21-18(23)25)8-14-2-4-15(9-19)5-3-14/h2-8,12-13H,10-11H2,1H3,(H,21,25)/b16-8-/t13-/m1/s1. The minimum atomic E-state index is -0.133. The number of nitrogens with zero attached hydrogens (tertiary/aromatic N) is 4. The van der Waals surface area contributed by atoms with Crippen LogP contribution in [0.25, 0.3) is 6.08 Å². The maximum absolute atomic E-state index is 12.6. The number of imidazole rings is 1. The molecule has 0 unspecified atom stereocenters. The smallest absolute Gasteiger partial charge is 0.276 e. The summed E-state index contributed by atoms with van der Waals surface area (Å²) in [5.41, 5.74) is 1.87. The average Bonchev–Trinajstić information content (AvgIpc) is 3.20. The largest absolute Gasteiger partial charge is 0.337 e. The fourth-order valence-electron chi connectivity index (χ4n) is 2.68.